The molecule has 12 nitrogen and oxygen atoms in total. The van der Waals surface area contributed by atoms with Crippen LogP contribution in [0.25, 0.3) is 0 Å². The lowest BCUT2D eigenvalue weighted by molar-refractivity contribution is -0.365. The van der Waals surface area contributed by atoms with Crippen molar-refractivity contribution in [3.63, 3.8) is 0 Å². The van der Waals surface area contributed by atoms with Gasteiger partial charge in [0, 0.05) is 24.2 Å². The lowest BCUT2D eigenvalue weighted by Crippen LogP contribution is -2.67. The van der Waals surface area contributed by atoms with E-state index in [2.05, 4.69) is 47.6 Å². The van der Waals surface area contributed by atoms with Crippen LogP contribution < -0.4 is 0 Å². The number of fused-ring (bicyclic) bond motifs is 4. The van der Waals surface area contributed by atoms with E-state index in [0.717, 1.165) is 44.9 Å². The zero-order valence-electron chi connectivity index (χ0n) is 32.9. The topological polar surface area (TPSA) is 177 Å². The van der Waals surface area contributed by atoms with Crippen molar-refractivity contribution in [2.75, 3.05) is 13.2 Å². The van der Waals surface area contributed by atoms with Crippen molar-refractivity contribution in [1.29, 1.82) is 0 Å². The van der Waals surface area contributed by atoms with E-state index < -0.39 is 66.7 Å². The van der Waals surface area contributed by atoms with Crippen LogP contribution in [0.5, 0.6) is 0 Å². The molecule has 8 rings (SSSR count). The Hall–Kier alpha value is -0.740. The van der Waals surface area contributed by atoms with E-state index in [1.807, 2.05) is 6.92 Å². The molecule has 12 heteroatoms. The summed E-state index contributed by atoms with van der Waals surface area (Å²) in [7, 11) is 0. The zero-order chi connectivity index (χ0) is 38.3. The maximum Gasteiger partial charge on any atom is 0.187 e. The highest BCUT2D eigenvalue weighted by molar-refractivity contribution is 5.26. The first-order valence-corrected chi connectivity index (χ1v) is 20.4. The second kappa shape index (κ2) is 12.9. The quantitative estimate of drug-likeness (QED) is 0.179. The molecule has 4 heterocycles. The number of aliphatic hydroxyl groups excluding tert-OH is 5. The third-order valence-electron chi connectivity index (χ3n) is 16.6. The summed E-state index contributed by atoms with van der Waals surface area (Å²) in [6, 6.07) is 0. The molecule has 4 saturated heterocycles. The summed E-state index contributed by atoms with van der Waals surface area (Å²) in [5, 5.41) is 65.1. The molecule has 53 heavy (non-hydrogen) atoms. The van der Waals surface area contributed by atoms with Gasteiger partial charge in [-0.3, -0.25) is 0 Å². The van der Waals surface area contributed by atoms with Crippen LogP contribution in [0.2, 0.25) is 0 Å². The Morgan fingerprint density at radius 1 is 0.811 bits per heavy atom. The van der Waals surface area contributed by atoms with Crippen LogP contribution in [0.3, 0.4) is 0 Å². The molecule has 0 radical (unpaired) electrons. The fourth-order valence-corrected chi connectivity index (χ4v) is 14.3. The number of allylic oxidation sites excluding steroid dienone is 1. The predicted molar refractivity (Wildman–Crippen MR) is 191 cm³/mol. The van der Waals surface area contributed by atoms with Gasteiger partial charge < -0.3 is 59.1 Å². The Kier molecular flexibility index (Phi) is 9.50. The molecule has 302 valence electrons. The maximum absolute atomic E-state index is 12.1. The van der Waals surface area contributed by atoms with Crippen LogP contribution in [-0.4, -0.2) is 123 Å². The molecule has 20 atom stereocenters. The summed E-state index contributed by atoms with van der Waals surface area (Å²) < 4.78 is 38.3. The molecule has 2 bridgehead atoms. The summed E-state index contributed by atoms with van der Waals surface area (Å²) in [6.45, 7) is 17.9. The third kappa shape index (κ3) is 5.58. The third-order valence-corrected chi connectivity index (χ3v) is 16.6. The maximum atomic E-state index is 12.1. The van der Waals surface area contributed by atoms with Gasteiger partial charge in [-0.05, 0) is 100 Å². The van der Waals surface area contributed by atoms with Gasteiger partial charge in [0.15, 0.2) is 18.4 Å². The number of rotatable bonds is 5. The Morgan fingerprint density at radius 3 is 2.26 bits per heavy atom. The second-order valence-corrected chi connectivity index (χ2v) is 20.2. The molecule has 0 aromatic rings. The summed E-state index contributed by atoms with van der Waals surface area (Å²) in [5.74, 6) is 0.324. The predicted octanol–water partition coefficient (Wildman–Crippen LogP) is 3.17. The lowest BCUT2D eigenvalue weighted by Gasteiger charge is -2.70. The van der Waals surface area contributed by atoms with Gasteiger partial charge in [-0.15, -0.1) is 0 Å². The molecule has 6 N–H and O–H groups in total. The van der Waals surface area contributed by atoms with Crippen LogP contribution in [-0.2, 0) is 28.4 Å². The van der Waals surface area contributed by atoms with Gasteiger partial charge >= 0.3 is 0 Å². The molecular formula is C41H66O12. The molecule has 4 saturated carbocycles. The van der Waals surface area contributed by atoms with Crippen LogP contribution in [0.1, 0.15) is 107 Å². The molecule has 8 aliphatic rings. The van der Waals surface area contributed by atoms with E-state index in [4.69, 9.17) is 28.4 Å². The highest BCUT2D eigenvalue weighted by atomic mass is 16.8. The molecule has 4 aliphatic carbocycles. The normalized spacial score (nSPS) is 58.6. The van der Waals surface area contributed by atoms with E-state index in [-0.39, 0.29) is 46.4 Å². The first kappa shape index (κ1) is 39.1. The Balaban J connectivity index is 1.03. The monoisotopic (exact) mass is 750 g/mol. The summed E-state index contributed by atoms with van der Waals surface area (Å²) >= 11 is 0. The summed E-state index contributed by atoms with van der Waals surface area (Å²) in [5.41, 5.74) is -0.00666. The average Bonchev–Trinajstić information content (AvgIpc) is 3.59. The van der Waals surface area contributed by atoms with Crippen molar-refractivity contribution in [3.05, 3.63) is 11.6 Å². The van der Waals surface area contributed by atoms with E-state index in [9.17, 15) is 30.6 Å². The van der Waals surface area contributed by atoms with Gasteiger partial charge in [0.05, 0.1) is 37.1 Å². The molecule has 0 amide bonds. The van der Waals surface area contributed by atoms with Gasteiger partial charge in [0.25, 0.3) is 0 Å². The van der Waals surface area contributed by atoms with E-state index in [1.54, 1.807) is 6.92 Å². The highest BCUT2D eigenvalue weighted by Gasteiger charge is 2.80. The molecule has 0 unspecified atom stereocenters. The highest BCUT2D eigenvalue weighted by Crippen LogP contribution is 2.80. The van der Waals surface area contributed by atoms with Gasteiger partial charge in [0.1, 0.15) is 36.6 Å². The van der Waals surface area contributed by atoms with Crippen molar-refractivity contribution in [2.45, 2.75) is 186 Å². The van der Waals surface area contributed by atoms with Crippen molar-refractivity contribution in [2.24, 2.45) is 45.3 Å². The van der Waals surface area contributed by atoms with Gasteiger partial charge in [-0.25, -0.2) is 0 Å². The SMILES string of the molecule is CC(C)=C[C@H]1C[C@](C)(O)[C@@H]2[C@H]3CC[C@@H]4[C@@]5(C)CC[C@H](O[C@@H]6OC[C@H](O)[C@H](O)[C@H]6O[C@@H]6O[C@@H](C)[C@H](O)[C@@H](O)[C@H]6O)C(C)(C)[C@@H]5CC[C@@]4(C)[C@@]34CO[C@@]2(C4)O1. The van der Waals surface area contributed by atoms with Crippen LogP contribution >= 0.6 is 0 Å². The minimum atomic E-state index is -1.58. The Morgan fingerprint density at radius 2 is 1.55 bits per heavy atom. The fraction of sp³-hybridized carbons (Fsp3) is 0.951. The minimum Gasteiger partial charge on any atom is -0.390 e. The fourth-order valence-electron chi connectivity index (χ4n) is 14.3. The van der Waals surface area contributed by atoms with Crippen molar-refractivity contribution in [1.82, 2.24) is 0 Å². The van der Waals surface area contributed by atoms with Crippen LogP contribution in [0, 0.1) is 45.3 Å². The molecule has 0 aromatic carbocycles. The largest absolute Gasteiger partial charge is 0.390 e. The average molecular weight is 751 g/mol. The van der Waals surface area contributed by atoms with Crippen molar-refractivity contribution in [3.8, 4) is 0 Å². The van der Waals surface area contributed by atoms with Gasteiger partial charge in [-0.2, -0.15) is 0 Å². The Bertz CT molecular complexity index is 1430. The number of hydrogen-bond donors (Lipinski definition) is 6. The van der Waals surface area contributed by atoms with Crippen molar-refractivity contribution < 1.29 is 59.1 Å². The number of hydrogen-bond acceptors (Lipinski definition) is 12. The lowest BCUT2D eigenvalue weighted by atomic mass is 9.35. The van der Waals surface area contributed by atoms with E-state index in [1.165, 1.54) is 5.57 Å². The minimum absolute atomic E-state index is 0.0129. The first-order chi connectivity index (χ1) is 24.7. The standard InChI is InChI=1S/C41H66O12/c1-20(2)15-22-16-39(8,47)33-23-9-10-26-37(6)13-12-27(36(4,5)25(37)11-14-38(26,7)40(23)18-41(33,53-22)49-19-40)51-35-32(29(44)24(42)17-48-35)52-34-31(46)30(45)28(43)21(3)50-34/h15,21-35,42-47H,9-14,16-19H2,1-8H3/t21-,22-,23+,24-,25-,26+,27-,28-,29-,30+,31+,32+,33-,34-,35-,37-,38+,39-,40-,41-/m0/s1. The zero-order valence-corrected chi connectivity index (χ0v) is 32.9. The van der Waals surface area contributed by atoms with Crippen LogP contribution in [0.15, 0.2) is 11.6 Å². The number of ether oxygens (including phenoxy) is 6. The summed E-state index contributed by atoms with van der Waals surface area (Å²) in [6.07, 6.45) is -2.39. The first-order valence-electron chi connectivity index (χ1n) is 20.4. The van der Waals surface area contributed by atoms with Crippen molar-refractivity contribution >= 4 is 0 Å². The molecule has 8 fully saturated rings. The van der Waals surface area contributed by atoms with E-state index in [0.29, 0.717) is 30.8 Å². The van der Waals surface area contributed by atoms with Crippen LogP contribution in [0.4, 0.5) is 0 Å². The molecule has 0 aromatic heterocycles. The van der Waals surface area contributed by atoms with Gasteiger partial charge in [-0.1, -0.05) is 39.3 Å². The molecule has 4 aliphatic heterocycles. The Labute approximate surface area is 314 Å². The van der Waals surface area contributed by atoms with E-state index >= 15 is 0 Å². The van der Waals surface area contributed by atoms with Gasteiger partial charge in [0.2, 0.25) is 0 Å². The summed E-state index contributed by atoms with van der Waals surface area (Å²) in [4.78, 5) is 0. The molecular weight excluding hydrogens is 684 g/mol. The second-order valence-electron chi connectivity index (χ2n) is 20.2. The molecule has 2 spiro atoms. The number of aliphatic hydroxyl groups is 6. The smallest absolute Gasteiger partial charge is 0.187 e.